The van der Waals surface area contributed by atoms with E-state index in [1.54, 1.807) is 7.11 Å². The Morgan fingerprint density at radius 2 is 2.25 bits per heavy atom. The molecule has 4 nitrogen and oxygen atoms in total. The highest BCUT2D eigenvalue weighted by Crippen LogP contribution is 2.16. The zero-order chi connectivity index (χ0) is 11.8. The molecule has 0 bridgehead atoms. The Hall–Kier alpha value is -1.05. The summed E-state index contributed by atoms with van der Waals surface area (Å²) < 4.78 is 4.88. The maximum Gasteiger partial charge on any atom is 0.223 e. The predicted octanol–water partition coefficient (Wildman–Crippen LogP) is 0.0942. The van der Waals surface area contributed by atoms with Crippen molar-refractivity contribution >= 4 is 5.91 Å². The van der Waals surface area contributed by atoms with E-state index in [1.165, 1.54) is 0 Å². The SMILES string of the molecule is C#CCN1CCC(C(=O)NCCOC)CC1. The molecule has 1 N–H and O–H groups in total. The Morgan fingerprint density at radius 3 is 2.81 bits per heavy atom. The molecule has 1 amide bonds. The minimum Gasteiger partial charge on any atom is -0.383 e. The quantitative estimate of drug-likeness (QED) is 0.532. The van der Waals surface area contributed by atoms with E-state index in [0.717, 1.165) is 25.9 Å². The number of hydrogen-bond donors (Lipinski definition) is 1. The molecule has 0 saturated carbocycles. The summed E-state index contributed by atoms with van der Waals surface area (Å²) in [6, 6.07) is 0. The molecule has 1 fully saturated rings. The number of nitrogens with one attached hydrogen (secondary N) is 1. The molecule has 0 aromatic rings. The van der Waals surface area contributed by atoms with Crippen LogP contribution in [0.2, 0.25) is 0 Å². The highest BCUT2D eigenvalue weighted by Gasteiger charge is 2.23. The number of carbonyl (C=O) groups is 1. The fourth-order valence-corrected chi connectivity index (χ4v) is 1.90. The Bertz CT molecular complexity index is 252. The summed E-state index contributed by atoms with van der Waals surface area (Å²) in [5.74, 6) is 2.93. The number of hydrogen-bond acceptors (Lipinski definition) is 3. The van der Waals surface area contributed by atoms with E-state index >= 15 is 0 Å². The molecule has 0 aliphatic carbocycles. The minimum absolute atomic E-state index is 0.144. The van der Waals surface area contributed by atoms with E-state index < -0.39 is 0 Å². The van der Waals surface area contributed by atoms with Crippen molar-refractivity contribution in [2.45, 2.75) is 12.8 Å². The van der Waals surface area contributed by atoms with Gasteiger partial charge in [0.1, 0.15) is 0 Å². The monoisotopic (exact) mass is 224 g/mol. The van der Waals surface area contributed by atoms with Crippen LogP contribution in [0.4, 0.5) is 0 Å². The first kappa shape index (κ1) is 13.0. The fraction of sp³-hybridized carbons (Fsp3) is 0.750. The maximum atomic E-state index is 11.7. The average Bonchev–Trinajstić information content (AvgIpc) is 2.30. The third kappa shape index (κ3) is 4.21. The highest BCUT2D eigenvalue weighted by atomic mass is 16.5. The van der Waals surface area contributed by atoms with Crippen LogP contribution in [0.15, 0.2) is 0 Å². The van der Waals surface area contributed by atoms with Gasteiger partial charge < -0.3 is 10.1 Å². The Balaban J connectivity index is 2.20. The van der Waals surface area contributed by atoms with Gasteiger partial charge in [0.05, 0.1) is 13.2 Å². The van der Waals surface area contributed by atoms with Crippen LogP contribution in [0.25, 0.3) is 0 Å². The number of amides is 1. The standard InChI is InChI=1S/C12H20N2O2/c1-3-7-14-8-4-11(5-9-14)12(15)13-6-10-16-2/h1,11H,4-10H2,2H3,(H,13,15). The summed E-state index contributed by atoms with van der Waals surface area (Å²) in [5.41, 5.74) is 0. The van der Waals surface area contributed by atoms with Crippen LogP contribution in [0, 0.1) is 18.3 Å². The first-order chi connectivity index (χ1) is 7.77. The Morgan fingerprint density at radius 1 is 1.56 bits per heavy atom. The molecular weight excluding hydrogens is 204 g/mol. The number of carbonyl (C=O) groups excluding carboxylic acids is 1. The van der Waals surface area contributed by atoms with Gasteiger partial charge in [-0.05, 0) is 25.9 Å². The summed E-state index contributed by atoms with van der Waals surface area (Å²) in [4.78, 5) is 13.9. The fourth-order valence-electron chi connectivity index (χ4n) is 1.90. The van der Waals surface area contributed by atoms with E-state index in [4.69, 9.17) is 11.2 Å². The van der Waals surface area contributed by atoms with Crippen molar-refractivity contribution in [2.75, 3.05) is 39.9 Å². The molecule has 0 aromatic carbocycles. The van der Waals surface area contributed by atoms with Crippen molar-refractivity contribution in [1.82, 2.24) is 10.2 Å². The van der Waals surface area contributed by atoms with Crippen LogP contribution in [0.3, 0.4) is 0 Å². The van der Waals surface area contributed by atoms with Gasteiger partial charge in [-0.1, -0.05) is 5.92 Å². The molecule has 0 unspecified atom stereocenters. The molecule has 16 heavy (non-hydrogen) atoms. The lowest BCUT2D eigenvalue weighted by Crippen LogP contribution is -2.41. The molecule has 0 radical (unpaired) electrons. The number of likely N-dealkylation sites (tertiary alicyclic amines) is 1. The van der Waals surface area contributed by atoms with Gasteiger partial charge in [0.15, 0.2) is 0 Å². The second-order valence-corrected chi connectivity index (χ2v) is 4.04. The molecule has 90 valence electrons. The van der Waals surface area contributed by atoms with Crippen LogP contribution < -0.4 is 5.32 Å². The van der Waals surface area contributed by atoms with E-state index in [2.05, 4.69) is 16.1 Å². The first-order valence-electron chi connectivity index (χ1n) is 5.70. The summed E-state index contributed by atoms with van der Waals surface area (Å²) in [6.45, 7) is 3.71. The number of methoxy groups -OCH3 is 1. The van der Waals surface area contributed by atoms with Crippen molar-refractivity contribution in [3.8, 4) is 12.3 Å². The second-order valence-electron chi connectivity index (χ2n) is 4.04. The molecule has 1 aliphatic rings. The molecule has 4 heteroatoms. The van der Waals surface area contributed by atoms with Crippen molar-refractivity contribution in [3.05, 3.63) is 0 Å². The Labute approximate surface area is 97.3 Å². The third-order valence-corrected chi connectivity index (χ3v) is 2.88. The predicted molar refractivity (Wildman–Crippen MR) is 62.9 cm³/mol. The lowest BCUT2D eigenvalue weighted by Gasteiger charge is -2.29. The lowest BCUT2D eigenvalue weighted by molar-refractivity contribution is -0.126. The number of nitrogens with zero attached hydrogens (tertiary/aromatic N) is 1. The minimum atomic E-state index is 0.144. The van der Waals surface area contributed by atoms with Crippen LogP contribution in [-0.4, -0.2) is 50.7 Å². The number of piperidine rings is 1. The first-order valence-corrected chi connectivity index (χ1v) is 5.70. The van der Waals surface area contributed by atoms with Crippen molar-refractivity contribution in [2.24, 2.45) is 5.92 Å². The van der Waals surface area contributed by atoms with Crippen LogP contribution in [-0.2, 0) is 9.53 Å². The van der Waals surface area contributed by atoms with Gasteiger partial charge in [-0.3, -0.25) is 9.69 Å². The van der Waals surface area contributed by atoms with Crippen molar-refractivity contribution in [3.63, 3.8) is 0 Å². The summed E-state index contributed by atoms with van der Waals surface area (Å²) in [6.07, 6.45) is 7.06. The van der Waals surface area contributed by atoms with Crippen molar-refractivity contribution in [1.29, 1.82) is 0 Å². The maximum absolute atomic E-state index is 11.7. The van der Waals surface area contributed by atoms with Gasteiger partial charge in [-0.25, -0.2) is 0 Å². The second kappa shape index (κ2) is 7.26. The average molecular weight is 224 g/mol. The zero-order valence-corrected chi connectivity index (χ0v) is 9.87. The number of terminal acetylenes is 1. The molecule has 1 aliphatic heterocycles. The summed E-state index contributed by atoms with van der Waals surface area (Å²) in [7, 11) is 1.63. The van der Waals surface area contributed by atoms with E-state index in [-0.39, 0.29) is 11.8 Å². The largest absolute Gasteiger partial charge is 0.383 e. The number of ether oxygens (including phenoxy) is 1. The molecule has 1 rings (SSSR count). The van der Waals surface area contributed by atoms with Gasteiger partial charge in [-0.15, -0.1) is 6.42 Å². The molecule has 1 heterocycles. The molecule has 0 spiro atoms. The third-order valence-electron chi connectivity index (χ3n) is 2.88. The molecule has 1 saturated heterocycles. The Kier molecular flexibility index (Phi) is 5.91. The normalized spacial score (nSPS) is 18.0. The zero-order valence-electron chi connectivity index (χ0n) is 9.87. The van der Waals surface area contributed by atoms with Gasteiger partial charge in [0, 0.05) is 19.6 Å². The van der Waals surface area contributed by atoms with Gasteiger partial charge in [-0.2, -0.15) is 0 Å². The van der Waals surface area contributed by atoms with E-state index in [9.17, 15) is 4.79 Å². The summed E-state index contributed by atoms with van der Waals surface area (Å²) >= 11 is 0. The van der Waals surface area contributed by atoms with E-state index in [1.807, 2.05) is 0 Å². The molecular formula is C12H20N2O2. The topological polar surface area (TPSA) is 41.6 Å². The lowest BCUT2D eigenvalue weighted by atomic mass is 9.96. The molecule has 0 aromatic heterocycles. The van der Waals surface area contributed by atoms with E-state index in [0.29, 0.717) is 19.7 Å². The number of rotatable bonds is 5. The van der Waals surface area contributed by atoms with Gasteiger partial charge in [0.2, 0.25) is 5.91 Å². The molecule has 0 atom stereocenters. The van der Waals surface area contributed by atoms with Gasteiger partial charge >= 0.3 is 0 Å². The highest BCUT2D eigenvalue weighted by molar-refractivity contribution is 5.78. The van der Waals surface area contributed by atoms with Crippen LogP contribution in [0.5, 0.6) is 0 Å². The smallest absolute Gasteiger partial charge is 0.223 e. The van der Waals surface area contributed by atoms with Crippen molar-refractivity contribution < 1.29 is 9.53 Å². The summed E-state index contributed by atoms with van der Waals surface area (Å²) in [5, 5.41) is 2.88. The van der Waals surface area contributed by atoms with Crippen LogP contribution >= 0.6 is 0 Å². The van der Waals surface area contributed by atoms with Gasteiger partial charge in [0.25, 0.3) is 0 Å². The van der Waals surface area contributed by atoms with Crippen LogP contribution in [0.1, 0.15) is 12.8 Å².